The number of aryl methyl sites for hydroxylation is 1. The topological polar surface area (TPSA) is 27.1 Å². The van der Waals surface area contributed by atoms with Crippen molar-refractivity contribution in [2.75, 3.05) is 6.61 Å². The van der Waals surface area contributed by atoms with Crippen LogP contribution in [0.15, 0.2) is 24.3 Å². The quantitative estimate of drug-likeness (QED) is 0.623. The standard InChI is InChI=1S/C17H16F4N2O/c1-5-9-24-15-13(14(18)23(4)22-15)16(2,3)11-7-6-8-12(10-11)17(19,20)21/h1,6-8,10H,9H2,2-4H3. The van der Waals surface area contributed by atoms with E-state index < -0.39 is 23.1 Å². The van der Waals surface area contributed by atoms with Crippen LogP contribution in [0.25, 0.3) is 0 Å². The van der Waals surface area contributed by atoms with Gasteiger partial charge in [-0.15, -0.1) is 11.5 Å². The lowest BCUT2D eigenvalue weighted by molar-refractivity contribution is -0.137. The van der Waals surface area contributed by atoms with Gasteiger partial charge >= 0.3 is 6.18 Å². The summed E-state index contributed by atoms with van der Waals surface area (Å²) in [6.45, 7) is 3.08. The summed E-state index contributed by atoms with van der Waals surface area (Å²) >= 11 is 0. The molecule has 2 rings (SSSR count). The first-order chi connectivity index (χ1) is 11.1. The van der Waals surface area contributed by atoms with E-state index in [4.69, 9.17) is 11.2 Å². The van der Waals surface area contributed by atoms with Crippen LogP contribution < -0.4 is 4.74 Å². The van der Waals surface area contributed by atoms with Crippen molar-refractivity contribution in [2.24, 2.45) is 7.05 Å². The molecule has 0 saturated heterocycles. The third-order valence-electron chi connectivity index (χ3n) is 3.77. The van der Waals surface area contributed by atoms with Crippen molar-refractivity contribution in [3.8, 4) is 18.2 Å². The van der Waals surface area contributed by atoms with E-state index in [1.54, 1.807) is 13.8 Å². The van der Waals surface area contributed by atoms with Crippen LogP contribution in [0, 0.1) is 18.3 Å². The molecule has 128 valence electrons. The summed E-state index contributed by atoms with van der Waals surface area (Å²) in [6.07, 6.45) is 0.647. The molecule has 1 aromatic heterocycles. The SMILES string of the molecule is C#CCOc1nn(C)c(F)c1C(C)(C)c1cccc(C(F)(F)F)c1. The van der Waals surface area contributed by atoms with Crippen molar-refractivity contribution in [3.05, 3.63) is 46.9 Å². The number of ether oxygens (including phenoxy) is 1. The second kappa shape index (κ2) is 6.19. The molecule has 1 heterocycles. The molecular weight excluding hydrogens is 324 g/mol. The molecule has 2 aromatic rings. The Kier molecular flexibility index (Phi) is 4.61. The van der Waals surface area contributed by atoms with Crippen LogP contribution >= 0.6 is 0 Å². The van der Waals surface area contributed by atoms with Crippen molar-refractivity contribution in [2.45, 2.75) is 25.4 Å². The van der Waals surface area contributed by atoms with Gasteiger partial charge in [0.1, 0.15) is 0 Å². The van der Waals surface area contributed by atoms with Crippen molar-refractivity contribution in [1.29, 1.82) is 0 Å². The average Bonchev–Trinajstić information content (AvgIpc) is 2.80. The smallest absolute Gasteiger partial charge is 0.416 e. The van der Waals surface area contributed by atoms with Crippen LogP contribution in [-0.4, -0.2) is 16.4 Å². The summed E-state index contributed by atoms with van der Waals surface area (Å²) in [5, 5.41) is 3.91. The molecule has 0 atom stereocenters. The predicted octanol–water partition coefficient (Wildman–Crippen LogP) is 3.92. The highest BCUT2D eigenvalue weighted by atomic mass is 19.4. The Balaban J connectivity index is 2.57. The van der Waals surface area contributed by atoms with Gasteiger partial charge in [-0.3, -0.25) is 0 Å². The minimum Gasteiger partial charge on any atom is -0.463 e. The van der Waals surface area contributed by atoms with Crippen LogP contribution in [0.4, 0.5) is 17.6 Å². The van der Waals surface area contributed by atoms with Crippen molar-refractivity contribution in [3.63, 3.8) is 0 Å². The van der Waals surface area contributed by atoms with Gasteiger partial charge in [0, 0.05) is 12.5 Å². The molecule has 0 unspecified atom stereocenters. The molecule has 7 heteroatoms. The lowest BCUT2D eigenvalue weighted by Crippen LogP contribution is -2.22. The van der Waals surface area contributed by atoms with E-state index in [0.29, 0.717) is 0 Å². The average molecular weight is 340 g/mol. The lowest BCUT2D eigenvalue weighted by atomic mass is 9.78. The van der Waals surface area contributed by atoms with Crippen molar-refractivity contribution >= 4 is 0 Å². The molecule has 0 spiro atoms. The molecule has 24 heavy (non-hydrogen) atoms. The van der Waals surface area contributed by atoms with Crippen LogP contribution in [0.5, 0.6) is 5.88 Å². The molecule has 0 radical (unpaired) electrons. The fourth-order valence-electron chi connectivity index (χ4n) is 2.45. The first kappa shape index (κ1) is 17.9. The summed E-state index contributed by atoms with van der Waals surface area (Å²) in [7, 11) is 1.38. The summed E-state index contributed by atoms with van der Waals surface area (Å²) in [5.41, 5.74) is -1.57. The highest BCUT2D eigenvalue weighted by Crippen LogP contribution is 2.40. The van der Waals surface area contributed by atoms with E-state index >= 15 is 0 Å². The van der Waals surface area contributed by atoms with Crippen molar-refractivity contribution < 1.29 is 22.3 Å². The van der Waals surface area contributed by atoms with Gasteiger partial charge in [-0.25, -0.2) is 4.68 Å². The van der Waals surface area contributed by atoms with Crippen LogP contribution in [0.3, 0.4) is 0 Å². The molecule has 0 aliphatic carbocycles. The predicted molar refractivity (Wildman–Crippen MR) is 81.1 cm³/mol. The Labute approximate surface area is 137 Å². The number of aromatic nitrogens is 2. The largest absolute Gasteiger partial charge is 0.463 e. The number of terminal acetylenes is 1. The van der Waals surface area contributed by atoms with Gasteiger partial charge in [0.15, 0.2) is 6.61 Å². The number of rotatable bonds is 4. The Morgan fingerprint density at radius 2 is 1.88 bits per heavy atom. The van der Waals surface area contributed by atoms with E-state index in [9.17, 15) is 17.6 Å². The van der Waals surface area contributed by atoms with Crippen molar-refractivity contribution in [1.82, 2.24) is 9.78 Å². The van der Waals surface area contributed by atoms with Gasteiger partial charge in [-0.2, -0.15) is 17.6 Å². The number of hydrogen-bond acceptors (Lipinski definition) is 2. The van der Waals surface area contributed by atoms with E-state index in [1.807, 2.05) is 0 Å². The van der Waals surface area contributed by atoms with Gasteiger partial charge < -0.3 is 4.74 Å². The third kappa shape index (κ3) is 3.23. The van der Waals surface area contributed by atoms with E-state index in [-0.39, 0.29) is 23.6 Å². The van der Waals surface area contributed by atoms with Gasteiger partial charge in [-0.1, -0.05) is 38.0 Å². The number of halogens is 4. The van der Waals surface area contributed by atoms with Gasteiger partial charge in [0.2, 0.25) is 11.8 Å². The first-order valence-electron chi connectivity index (χ1n) is 7.06. The van der Waals surface area contributed by atoms with E-state index in [1.165, 1.54) is 19.2 Å². The maximum Gasteiger partial charge on any atom is 0.416 e. The van der Waals surface area contributed by atoms with Crippen LogP contribution in [0.2, 0.25) is 0 Å². The fourth-order valence-corrected chi connectivity index (χ4v) is 2.45. The summed E-state index contributed by atoms with van der Waals surface area (Å²) < 4.78 is 59.6. The molecule has 0 fully saturated rings. The second-order valence-corrected chi connectivity index (χ2v) is 5.79. The second-order valence-electron chi connectivity index (χ2n) is 5.79. The minimum absolute atomic E-state index is 0.0321. The number of hydrogen-bond donors (Lipinski definition) is 0. The molecule has 0 amide bonds. The zero-order valence-corrected chi connectivity index (χ0v) is 13.4. The first-order valence-corrected chi connectivity index (χ1v) is 7.06. The Bertz CT molecular complexity index is 785. The molecule has 0 N–H and O–H groups in total. The Morgan fingerprint density at radius 1 is 1.25 bits per heavy atom. The van der Waals surface area contributed by atoms with E-state index in [2.05, 4.69) is 11.0 Å². The molecular formula is C17H16F4N2O. The maximum atomic E-state index is 14.5. The normalized spacial score (nSPS) is 12.1. The number of nitrogens with zero attached hydrogens (tertiary/aromatic N) is 2. The molecule has 0 bridgehead atoms. The summed E-state index contributed by atoms with van der Waals surface area (Å²) in [5.74, 6) is 1.53. The Morgan fingerprint density at radius 3 is 2.46 bits per heavy atom. The van der Waals surface area contributed by atoms with E-state index in [0.717, 1.165) is 16.8 Å². The summed E-state index contributed by atoms with van der Waals surface area (Å²) in [6, 6.07) is 4.76. The zero-order chi connectivity index (χ0) is 18.1. The van der Waals surface area contributed by atoms with Gasteiger partial charge in [0.05, 0.1) is 11.1 Å². The monoisotopic (exact) mass is 340 g/mol. The summed E-state index contributed by atoms with van der Waals surface area (Å²) in [4.78, 5) is 0. The highest BCUT2D eigenvalue weighted by Gasteiger charge is 2.36. The van der Waals surface area contributed by atoms with Crippen LogP contribution in [-0.2, 0) is 18.6 Å². The lowest BCUT2D eigenvalue weighted by Gasteiger charge is -2.26. The molecule has 3 nitrogen and oxygen atoms in total. The van der Waals surface area contributed by atoms with Gasteiger partial charge in [-0.05, 0) is 11.6 Å². The number of alkyl halides is 3. The molecule has 0 aliphatic rings. The molecule has 0 saturated carbocycles. The Hall–Kier alpha value is -2.49. The third-order valence-corrected chi connectivity index (χ3v) is 3.77. The van der Waals surface area contributed by atoms with Gasteiger partial charge in [0.25, 0.3) is 0 Å². The highest BCUT2D eigenvalue weighted by molar-refractivity contribution is 5.44. The number of benzene rings is 1. The zero-order valence-electron chi connectivity index (χ0n) is 13.4. The molecule has 0 aliphatic heterocycles. The van der Waals surface area contributed by atoms with Crippen LogP contribution in [0.1, 0.15) is 30.5 Å². The fraction of sp³-hybridized carbons (Fsp3) is 0.353. The minimum atomic E-state index is -4.48. The molecule has 1 aromatic carbocycles. The maximum absolute atomic E-state index is 14.5.